The summed E-state index contributed by atoms with van der Waals surface area (Å²) in [6, 6.07) is 8.11. The highest BCUT2D eigenvalue weighted by Crippen LogP contribution is 2.48. The molecule has 1 aromatic carbocycles. The molecule has 1 atom stereocenters. The van der Waals surface area contributed by atoms with Crippen molar-refractivity contribution in [2.45, 2.75) is 37.6 Å². The van der Waals surface area contributed by atoms with Crippen LogP contribution in [0.5, 0.6) is 0 Å². The summed E-state index contributed by atoms with van der Waals surface area (Å²) in [6.45, 7) is 2.63. The zero-order valence-corrected chi connectivity index (χ0v) is 13.2. The van der Waals surface area contributed by atoms with Gasteiger partial charge in [-0.2, -0.15) is 0 Å². The molecule has 1 aromatic rings. The minimum Gasteiger partial charge on any atom is -0.396 e. The molecule has 2 amide bonds. The number of urea groups is 1. The van der Waals surface area contributed by atoms with Crippen molar-refractivity contribution in [3.05, 3.63) is 34.3 Å². The Kier molecular flexibility index (Phi) is 5.05. The number of carbonyl (C=O) groups is 1. The molecule has 110 valence electrons. The second kappa shape index (κ2) is 6.59. The molecule has 3 N–H and O–H groups in total. The lowest BCUT2D eigenvalue weighted by Gasteiger charge is -2.19. The van der Waals surface area contributed by atoms with Gasteiger partial charge >= 0.3 is 6.03 Å². The van der Waals surface area contributed by atoms with Gasteiger partial charge in [0, 0.05) is 29.1 Å². The summed E-state index contributed by atoms with van der Waals surface area (Å²) in [5, 5.41) is 14.6. The van der Waals surface area contributed by atoms with Crippen molar-refractivity contribution in [1.29, 1.82) is 0 Å². The second-order valence-corrected chi connectivity index (χ2v) is 6.45. The van der Waals surface area contributed by atoms with Crippen LogP contribution >= 0.6 is 15.9 Å². The molecule has 2 rings (SSSR count). The smallest absolute Gasteiger partial charge is 0.315 e. The van der Waals surface area contributed by atoms with Crippen molar-refractivity contribution < 1.29 is 9.90 Å². The number of halogens is 1. The highest BCUT2D eigenvalue weighted by Gasteiger charge is 2.44. The summed E-state index contributed by atoms with van der Waals surface area (Å²) in [5.74, 6) is 0. The number of benzene rings is 1. The lowest BCUT2D eigenvalue weighted by molar-refractivity contribution is 0.230. The van der Waals surface area contributed by atoms with Gasteiger partial charge in [-0.3, -0.25) is 0 Å². The van der Waals surface area contributed by atoms with Crippen LogP contribution < -0.4 is 10.6 Å². The number of rotatable bonds is 6. The molecule has 1 fully saturated rings. The Morgan fingerprint density at radius 2 is 2.25 bits per heavy atom. The summed E-state index contributed by atoms with van der Waals surface area (Å²) >= 11 is 3.49. The van der Waals surface area contributed by atoms with Gasteiger partial charge < -0.3 is 15.7 Å². The van der Waals surface area contributed by atoms with E-state index in [0.717, 1.165) is 17.3 Å². The maximum atomic E-state index is 11.8. The molecule has 4 nitrogen and oxygen atoms in total. The topological polar surface area (TPSA) is 61.4 Å². The van der Waals surface area contributed by atoms with Crippen LogP contribution in [0.25, 0.3) is 0 Å². The van der Waals surface area contributed by atoms with E-state index in [9.17, 15) is 4.79 Å². The number of aliphatic hydroxyl groups is 1. The summed E-state index contributed by atoms with van der Waals surface area (Å²) < 4.78 is 1.07. The normalized spacial score (nSPS) is 17.4. The van der Waals surface area contributed by atoms with E-state index in [0.29, 0.717) is 13.0 Å². The summed E-state index contributed by atoms with van der Waals surface area (Å²) in [5.41, 5.74) is 1.37. The number of amides is 2. The van der Waals surface area contributed by atoms with Crippen molar-refractivity contribution >= 4 is 22.0 Å². The first-order valence-corrected chi connectivity index (χ1v) is 7.76. The molecule has 20 heavy (non-hydrogen) atoms. The summed E-state index contributed by atoms with van der Waals surface area (Å²) in [7, 11) is 0. The van der Waals surface area contributed by atoms with Crippen molar-refractivity contribution in [1.82, 2.24) is 10.6 Å². The molecule has 1 saturated carbocycles. The van der Waals surface area contributed by atoms with Crippen molar-refractivity contribution in [3.63, 3.8) is 0 Å². The zero-order valence-electron chi connectivity index (χ0n) is 11.7. The Morgan fingerprint density at radius 3 is 2.85 bits per heavy atom. The lowest BCUT2D eigenvalue weighted by Crippen LogP contribution is -2.43. The number of nitrogens with one attached hydrogen (secondary N) is 2. The molecule has 0 saturated heterocycles. The van der Waals surface area contributed by atoms with Gasteiger partial charge in [-0.05, 0) is 43.9 Å². The van der Waals surface area contributed by atoms with Gasteiger partial charge in [-0.25, -0.2) is 4.79 Å². The number of hydrogen-bond acceptors (Lipinski definition) is 2. The third-order valence-electron chi connectivity index (χ3n) is 3.82. The van der Waals surface area contributed by atoms with Crippen LogP contribution in [-0.2, 0) is 5.41 Å². The van der Waals surface area contributed by atoms with E-state index in [1.165, 1.54) is 5.56 Å². The SMILES string of the molecule is C[C@H](CCO)NC(=O)NCC1(c2cccc(Br)c2)CC1. The van der Waals surface area contributed by atoms with E-state index >= 15 is 0 Å². The van der Waals surface area contributed by atoms with E-state index in [1.807, 2.05) is 19.1 Å². The van der Waals surface area contributed by atoms with Gasteiger partial charge in [0.2, 0.25) is 0 Å². The van der Waals surface area contributed by atoms with Crippen LogP contribution in [0.3, 0.4) is 0 Å². The fourth-order valence-electron chi connectivity index (χ4n) is 2.33. The first kappa shape index (κ1) is 15.3. The maximum absolute atomic E-state index is 11.8. The lowest BCUT2D eigenvalue weighted by atomic mass is 9.96. The van der Waals surface area contributed by atoms with Crippen LogP contribution in [0.15, 0.2) is 28.7 Å². The third-order valence-corrected chi connectivity index (χ3v) is 4.31. The summed E-state index contributed by atoms with van der Waals surface area (Å²) in [4.78, 5) is 11.8. The highest BCUT2D eigenvalue weighted by atomic mass is 79.9. The van der Waals surface area contributed by atoms with Crippen LogP contribution in [0.4, 0.5) is 4.79 Å². The van der Waals surface area contributed by atoms with Gasteiger partial charge in [-0.1, -0.05) is 28.1 Å². The largest absolute Gasteiger partial charge is 0.396 e. The molecule has 0 spiro atoms. The monoisotopic (exact) mass is 340 g/mol. The zero-order chi connectivity index (χ0) is 14.6. The Hall–Kier alpha value is -1.07. The molecule has 1 aliphatic carbocycles. The summed E-state index contributed by atoms with van der Waals surface area (Å²) in [6.07, 6.45) is 2.79. The predicted molar refractivity (Wildman–Crippen MR) is 82.8 cm³/mol. The quantitative estimate of drug-likeness (QED) is 0.745. The first-order chi connectivity index (χ1) is 9.55. The van der Waals surface area contributed by atoms with Crippen LogP contribution in [-0.4, -0.2) is 30.3 Å². The maximum Gasteiger partial charge on any atom is 0.315 e. The fourth-order valence-corrected chi connectivity index (χ4v) is 2.73. The van der Waals surface area contributed by atoms with Crippen LogP contribution in [0, 0.1) is 0 Å². The Morgan fingerprint density at radius 1 is 1.50 bits per heavy atom. The van der Waals surface area contributed by atoms with Gasteiger partial charge in [0.15, 0.2) is 0 Å². The molecular formula is C15H21BrN2O2. The Balaban J connectivity index is 1.86. The van der Waals surface area contributed by atoms with E-state index < -0.39 is 0 Å². The van der Waals surface area contributed by atoms with Crippen molar-refractivity contribution in [2.24, 2.45) is 0 Å². The van der Waals surface area contributed by atoms with Gasteiger partial charge in [0.05, 0.1) is 0 Å². The van der Waals surface area contributed by atoms with E-state index in [1.54, 1.807) is 0 Å². The first-order valence-electron chi connectivity index (χ1n) is 6.97. The molecule has 1 aliphatic rings. The number of hydrogen-bond donors (Lipinski definition) is 3. The Labute approximate surface area is 128 Å². The predicted octanol–water partition coefficient (Wildman–Crippen LogP) is 2.55. The van der Waals surface area contributed by atoms with Crippen LogP contribution in [0.2, 0.25) is 0 Å². The molecule has 0 bridgehead atoms. The molecule has 0 radical (unpaired) electrons. The Bertz CT molecular complexity index is 475. The van der Waals surface area contributed by atoms with Crippen molar-refractivity contribution in [2.75, 3.05) is 13.2 Å². The standard InChI is InChI=1S/C15H21BrN2O2/c1-11(5-8-19)18-14(20)17-10-15(6-7-15)12-3-2-4-13(16)9-12/h2-4,9,11,19H,5-8,10H2,1H3,(H2,17,18,20)/t11-/m1/s1. The van der Waals surface area contributed by atoms with Crippen molar-refractivity contribution in [3.8, 4) is 0 Å². The average Bonchev–Trinajstić information content (AvgIpc) is 3.18. The van der Waals surface area contributed by atoms with Gasteiger partial charge in [0.25, 0.3) is 0 Å². The highest BCUT2D eigenvalue weighted by molar-refractivity contribution is 9.10. The minimum atomic E-state index is -0.160. The van der Waals surface area contributed by atoms with Gasteiger partial charge in [0.1, 0.15) is 0 Å². The third kappa shape index (κ3) is 3.96. The molecule has 0 aliphatic heterocycles. The molecular weight excluding hydrogens is 320 g/mol. The fraction of sp³-hybridized carbons (Fsp3) is 0.533. The van der Waals surface area contributed by atoms with E-state index in [4.69, 9.17) is 5.11 Å². The molecule has 0 unspecified atom stereocenters. The van der Waals surface area contributed by atoms with E-state index in [-0.39, 0.29) is 24.1 Å². The average molecular weight is 341 g/mol. The van der Waals surface area contributed by atoms with E-state index in [2.05, 4.69) is 38.7 Å². The second-order valence-electron chi connectivity index (χ2n) is 5.53. The van der Waals surface area contributed by atoms with Gasteiger partial charge in [-0.15, -0.1) is 0 Å². The number of carbonyl (C=O) groups excluding carboxylic acids is 1. The number of aliphatic hydroxyl groups excluding tert-OH is 1. The molecule has 0 heterocycles. The van der Waals surface area contributed by atoms with Crippen LogP contribution in [0.1, 0.15) is 31.7 Å². The molecule has 5 heteroatoms. The molecule has 0 aromatic heterocycles. The minimum absolute atomic E-state index is 0.0129.